The van der Waals surface area contributed by atoms with Crippen LogP contribution in [0.1, 0.15) is 31.2 Å². The van der Waals surface area contributed by atoms with Crippen LogP contribution in [0.4, 0.5) is 0 Å². The second kappa shape index (κ2) is 7.16. The van der Waals surface area contributed by atoms with Crippen LogP contribution in [0.2, 0.25) is 5.02 Å². The minimum absolute atomic E-state index is 0.101. The fourth-order valence-corrected chi connectivity index (χ4v) is 2.86. The number of rotatable bonds is 6. The van der Waals surface area contributed by atoms with Gasteiger partial charge in [0, 0.05) is 17.7 Å². The number of nitrogens with two attached hydrogens (primary N) is 1. The zero-order valence-electron chi connectivity index (χ0n) is 11.8. The molecule has 5 heteroatoms. The van der Waals surface area contributed by atoms with Crippen molar-refractivity contribution in [1.82, 2.24) is 0 Å². The summed E-state index contributed by atoms with van der Waals surface area (Å²) in [5.74, 6) is 1.82. The van der Waals surface area contributed by atoms with E-state index in [1.165, 1.54) is 0 Å². The van der Waals surface area contributed by atoms with Crippen LogP contribution in [0.15, 0.2) is 12.1 Å². The first kappa shape index (κ1) is 15.4. The van der Waals surface area contributed by atoms with Gasteiger partial charge in [0.05, 0.1) is 0 Å². The van der Waals surface area contributed by atoms with E-state index < -0.39 is 0 Å². The molecule has 1 aromatic carbocycles. The highest BCUT2D eigenvalue weighted by Crippen LogP contribution is 2.40. The topological polar surface area (TPSA) is 64.7 Å². The van der Waals surface area contributed by atoms with Crippen LogP contribution >= 0.6 is 11.6 Å². The van der Waals surface area contributed by atoms with E-state index in [2.05, 4.69) is 6.92 Å². The van der Waals surface area contributed by atoms with E-state index >= 15 is 0 Å². The summed E-state index contributed by atoms with van der Waals surface area (Å²) in [4.78, 5) is 0. The maximum absolute atomic E-state index is 9.32. The fourth-order valence-electron chi connectivity index (χ4n) is 2.55. The van der Waals surface area contributed by atoms with E-state index in [1.807, 2.05) is 12.1 Å². The second-order valence-corrected chi connectivity index (χ2v) is 5.55. The normalized spacial score (nSPS) is 16.8. The molecule has 1 aromatic rings. The van der Waals surface area contributed by atoms with E-state index in [0.717, 1.165) is 24.2 Å². The molecule has 3 N–H and O–H groups in total. The van der Waals surface area contributed by atoms with Crippen LogP contribution in [-0.2, 0) is 0 Å². The van der Waals surface area contributed by atoms with Gasteiger partial charge in [-0.15, -0.1) is 0 Å². The van der Waals surface area contributed by atoms with E-state index in [-0.39, 0.29) is 18.4 Å². The highest BCUT2D eigenvalue weighted by Gasteiger charge is 2.22. The molecule has 1 aliphatic rings. The number of fused-ring (bicyclic) bond motifs is 1. The minimum Gasteiger partial charge on any atom is -0.486 e. The van der Waals surface area contributed by atoms with Gasteiger partial charge in [-0.05, 0) is 42.9 Å². The Kier molecular flexibility index (Phi) is 5.52. The Morgan fingerprint density at radius 1 is 1.30 bits per heavy atom. The number of hydrogen-bond donors (Lipinski definition) is 2. The first-order valence-electron chi connectivity index (χ1n) is 7.09. The SMILES string of the molecule is CCC(CC(CN)CO)c1cc2c(cc1Cl)OCCO2. The van der Waals surface area contributed by atoms with E-state index in [0.29, 0.717) is 30.5 Å². The van der Waals surface area contributed by atoms with Gasteiger partial charge >= 0.3 is 0 Å². The molecule has 2 atom stereocenters. The van der Waals surface area contributed by atoms with Crippen LogP contribution in [0.5, 0.6) is 11.5 Å². The molecule has 0 aliphatic carbocycles. The van der Waals surface area contributed by atoms with Gasteiger partial charge in [0.2, 0.25) is 0 Å². The molecule has 112 valence electrons. The van der Waals surface area contributed by atoms with Crippen molar-refractivity contribution in [1.29, 1.82) is 0 Å². The lowest BCUT2D eigenvalue weighted by Gasteiger charge is -2.24. The second-order valence-electron chi connectivity index (χ2n) is 5.14. The first-order chi connectivity index (χ1) is 9.69. The number of ether oxygens (including phenoxy) is 2. The van der Waals surface area contributed by atoms with E-state index in [4.69, 9.17) is 26.8 Å². The smallest absolute Gasteiger partial charge is 0.162 e. The van der Waals surface area contributed by atoms with Crippen molar-refractivity contribution in [3.63, 3.8) is 0 Å². The summed E-state index contributed by atoms with van der Waals surface area (Å²) in [6.07, 6.45) is 1.76. The summed E-state index contributed by atoms with van der Waals surface area (Å²) < 4.78 is 11.1. The molecule has 20 heavy (non-hydrogen) atoms. The summed E-state index contributed by atoms with van der Waals surface area (Å²) in [6.45, 7) is 3.82. The van der Waals surface area contributed by atoms with Crippen molar-refractivity contribution < 1.29 is 14.6 Å². The number of aliphatic hydroxyl groups excluding tert-OH is 1. The Bertz CT molecular complexity index is 449. The van der Waals surface area contributed by atoms with Gasteiger partial charge in [0.25, 0.3) is 0 Å². The van der Waals surface area contributed by atoms with E-state index in [9.17, 15) is 5.11 Å². The molecule has 0 saturated carbocycles. The largest absolute Gasteiger partial charge is 0.486 e. The lowest BCUT2D eigenvalue weighted by molar-refractivity contribution is 0.171. The molecular formula is C15H22ClNO3. The van der Waals surface area contributed by atoms with E-state index in [1.54, 1.807) is 0 Å². The molecule has 2 rings (SSSR count). The summed E-state index contributed by atoms with van der Waals surface area (Å²) in [5.41, 5.74) is 6.72. The average Bonchev–Trinajstić information content (AvgIpc) is 2.48. The number of aliphatic hydroxyl groups is 1. The molecule has 4 nitrogen and oxygen atoms in total. The van der Waals surface area contributed by atoms with Crippen molar-refractivity contribution in [3.8, 4) is 11.5 Å². The highest BCUT2D eigenvalue weighted by molar-refractivity contribution is 6.31. The third-order valence-electron chi connectivity index (χ3n) is 3.80. The number of halogens is 1. The quantitative estimate of drug-likeness (QED) is 0.847. The third-order valence-corrected chi connectivity index (χ3v) is 4.13. The van der Waals surface area contributed by atoms with Crippen molar-refractivity contribution in [2.24, 2.45) is 11.7 Å². The lowest BCUT2D eigenvalue weighted by Crippen LogP contribution is -2.21. The number of hydrogen-bond acceptors (Lipinski definition) is 4. The molecule has 0 saturated heterocycles. The lowest BCUT2D eigenvalue weighted by atomic mass is 9.87. The Hall–Kier alpha value is -0.970. The molecule has 0 amide bonds. The Balaban J connectivity index is 2.24. The number of benzene rings is 1. The van der Waals surface area contributed by atoms with Crippen LogP contribution in [0.3, 0.4) is 0 Å². The maximum Gasteiger partial charge on any atom is 0.162 e. The van der Waals surface area contributed by atoms with Crippen molar-refractivity contribution >= 4 is 11.6 Å². The summed E-state index contributed by atoms with van der Waals surface area (Å²) >= 11 is 6.38. The molecule has 1 aliphatic heterocycles. The first-order valence-corrected chi connectivity index (χ1v) is 7.47. The van der Waals surface area contributed by atoms with Crippen molar-refractivity contribution in [2.75, 3.05) is 26.4 Å². The van der Waals surface area contributed by atoms with Gasteiger partial charge in [-0.1, -0.05) is 18.5 Å². The Morgan fingerprint density at radius 3 is 2.50 bits per heavy atom. The maximum atomic E-state index is 9.32. The molecular weight excluding hydrogens is 278 g/mol. The van der Waals surface area contributed by atoms with Gasteiger partial charge in [0.15, 0.2) is 11.5 Å². The molecule has 0 radical (unpaired) electrons. The van der Waals surface area contributed by atoms with Crippen LogP contribution < -0.4 is 15.2 Å². The molecule has 0 aromatic heterocycles. The predicted octanol–water partition coefficient (Wildman–Crippen LogP) is 2.56. The van der Waals surface area contributed by atoms with Gasteiger partial charge in [0.1, 0.15) is 13.2 Å². The fraction of sp³-hybridized carbons (Fsp3) is 0.600. The summed E-state index contributed by atoms with van der Waals surface area (Å²) in [6, 6.07) is 3.79. The Morgan fingerprint density at radius 2 is 1.95 bits per heavy atom. The van der Waals surface area contributed by atoms with Crippen molar-refractivity contribution in [3.05, 3.63) is 22.7 Å². The highest BCUT2D eigenvalue weighted by atomic mass is 35.5. The van der Waals surface area contributed by atoms with Crippen LogP contribution in [-0.4, -0.2) is 31.5 Å². The monoisotopic (exact) mass is 299 g/mol. The summed E-state index contributed by atoms with van der Waals surface area (Å²) in [5, 5.41) is 10.0. The minimum atomic E-state index is 0.101. The standard InChI is InChI=1S/C15H22ClNO3/c1-2-11(5-10(8-17)9-18)12-6-14-15(7-13(12)16)20-4-3-19-14/h6-7,10-11,18H,2-5,8-9,17H2,1H3. The van der Waals surface area contributed by atoms with Gasteiger partial charge in [-0.2, -0.15) is 0 Å². The van der Waals surface area contributed by atoms with Crippen molar-refractivity contribution in [2.45, 2.75) is 25.7 Å². The molecule has 0 spiro atoms. The zero-order chi connectivity index (χ0) is 14.5. The van der Waals surface area contributed by atoms with Gasteiger partial charge < -0.3 is 20.3 Å². The van der Waals surface area contributed by atoms with Crippen LogP contribution in [0, 0.1) is 5.92 Å². The average molecular weight is 300 g/mol. The van der Waals surface area contributed by atoms with Gasteiger partial charge in [-0.3, -0.25) is 0 Å². The third kappa shape index (κ3) is 3.37. The zero-order valence-corrected chi connectivity index (χ0v) is 12.5. The molecule has 0 bridgehead atoms. The van der Waals surface area contributed by atoms with Crippen LogP contribution in [0.25, 0.3) is 0 Å². The molecule has 1 heterocycles. The Labute approximate surface area is 124 Å². The summed E-state index contributed by atoms with van der Waals surface area (Å²) in [7, 11) is 0. The predicted molar refractivity (Wildman–Crippen MR) is 79.7 cm³/mol. The molecule has 0 fully saturated rings. The van der Waals surface area contributed by atoms with Gasteiger partial charge in [-0.25, -0.2) is 0 Å². The molecule has 2 unspecified atom stereocenters.